The lowest BCUT2D eigenvalue weighted by Gasteiger charge is -2.26. The Balaban J connectivity index is 1.97. The van der Waals surface area contributed by atoms with E-state index >= 15 is 0 Å². The van der Waals surface area contributed by atoms with Crippen molar-refractivity contribution in [3.8, 4) is 0 Å². The monoisotopic (exact) mass is 307 g/mol. The number of rotatable bonds is 4. The Morgan fingerprint density at radius 3 is 2.64 bits per heavy atom. The molecule has 1 aromatic heterocycles. The minimum absolute atomic E-state index is 0.0807. The molecular weight excluding hydrogens is 286 g/mol. The second-order valence-electron chi connectivity index (χ2n) is 5.52. The largest absolute Gasteiger partial charge is 0.378 e. The summed E-state index contributed by atoms with van der Waals surface area (Å²) in [6.45, 7) is 5.89. The number of amides is 2. The second-order valence-corrected chi connectivity index (χ2v) is 5.52. The van der Waals surface area contributed by atoms with Crippen LogP contribution in [0.3, 0.4) is 0 Å². The number of morpholine rings is 1. The molecule has 7 nitrogen and oxygen atoms in total. The second kappa shape index (κ2) is 7.22. The van der Waals surface area contributed by atoms with E-state index in [2.05, 4.69) is 10.3 Å². The van der Waals surface area contributed by atoms with Crippen LogP contribution in [0, 0.1) is 0 Å². The fourth-order valence-corrected chi connectivity index (χ4v) is 2.19. The normalized spacial score (nSPS) is 15.0. The molecule has 0 aromatic carbocycles. The van der Waals surface area contributed by atoms with Gasteiger partial charge in [0.1, 0.15) is 0 Å². The molecule has 0 unspecified atom stereocenters. The zero-order valence-corrected chi connectivity index (χ0v) is 12.8. The van der Waals surface area contributed by atoms with Crippen molar-refractivity contribution in [3.63, 3.8) is 0 Å². The van der Waals surface area contributed by atoms with Gasteiger partial charge in [-0.25, -0.2) is 0 Å². The minimum atomic E-state index is -0.422. The van der Waals surface area contributed by atoms with Crippen LogP contribution < -0.4 is 10.9 Å². The number of nitrogens with one attached hydrogen (secondary N) is 2. The van der Waals surface area contributed by atoms with Gasteiger partial charge in [0.15, 0.2) is 0 Å². The first-order valence-corrected chi connectivity index (χ1v) is 7.35. The number of carbonyl (C=O) groups is 2. The SMILES string of the molecule is CC(C)c1cc(C(=O)NCC(=O)N2CCOCC2)cc(=O)[nH]1. The predicted molar refractivity (Wildman–Crippen MR) is 80.9 cm³/mol. The van der Waals surface area contributed by atoms with Crippen molar-refractivity contribution >= 4 is 11.8 Å². The summed E-state index contributed by atoms with van der Waals surface area (Å²) in [5, 5.41) is 2.57. The lowest BCUT2D eigenvalue weighted by atomic mass is 10.1. The zero-order chi connectivity index (χ0) is 16.1. The van der Waals surface area contributed by atoms with Crippen molar-refractivity contribution in [2.45, 2.75) is 19.8 Å². The first kappa shape index (κ1) is 16.2. The van der Waals surface area contributed by atoms with Gasteiger partial charge in [0.2, 0.25) is 11.5 Å². The molecule has 0 atom stereocenters. The van der Waals surface area contributed by atoms with E-state index in [0.717, 1.165) is 0 Å². The van der Waals surface area contributed by atoms with Crippen molar-refractivity contribution in [1.82, 2.24) is 15.2 Å². The highest BCUT2D eigenvalue weighted by Gasteiger charge is 2.18. The van der Waals surface area contributed by atoms with Gasteiger partial charge in [-0.3, -0.25) is 14.4 Å². The van der Waals surface area contributed by atoms with E-state index in [1.807, 2.05) is 13.8 Å². The fraction of sp³-hybridized carbons (Fsp3) is 0.533. The molecule has 2 rings (SSSR count). The number of ether oxygens (including phenoxy) is 1. The van der Waals surface area contributed by atoms with Crippen molar-refractivity contribution in [2.75, 3.05) is 32.8 Å². The average Bonchev–Trinajstić information content (AvgIpc) is 2.52. The van der Waals surface area contributed by atoms with Crippen molar-refractivity contribution in [3.05, 3.63) is 33.7 Å². The minimum Gasteiger partial charge on any atom is -0.378 e. The maximum absolute atomic E-state index is 12.1. The molecular formula is C15H21N3O4. The summed E-state index contributed by atoms with van der Waals surface area (Å²) >= 11 is 0. The third kappa shape index (κ3) is 4.17. The molecule has 7 heteroatoms. The molecule has 2 amide bonds. The van der Waals surface area contributed by atoms with E-state index < -0.39 is 5.91 Å². The molecule has 1 fully saturated rings. The van der Waals surface area contributed by atoms with Gasteiger partial charge in [-0.2, -0.15) is 0 Å². The summed E-state index contributed by atoms with van der Waals surface area (Å²) in [5.74, 6) is -0.462. The Morgan fingerprint density at radius 2 is 2.00 bits per heavy atom. The predicted octanol–water partition coefficient (Wildman–Crippen LogP) is 0.0869. The third-order valence-corrected chi connectivity index (χ3v) is 3.51. The molecule has 0 aliphatic carbocycles. The van der Waals surface area contributed by atoms with Gasteiger partial charge in [-0.05, 0) is 12.0 Å². The van der Waals surface area contributed by atoms with Gasteiger partial charge in [0, 0.05) is 30.4 Å². The number of aromatic nitrogens is 1. The van der Waals surface area contributed by atoms with E-state index in [9.17, 15) is 14.4 Å². The molecule has 1 aliphatic rings. The highest BCUT2D eigenvalue weighted by molar-refractivity contribution is 5.96. The lowest BCUT2D eigenvalue weighted by molar-refractivity contribution is -0.134. The Bertz CT molecular complexity index is 603. The Labute approximate surface area is 128 Å². The molecule has 1 aromatic rings. The van der Waals surface area contributed by atoms with Gasteiger partial charge < -0.3 is 19.9 Å². The smallest absolute Gasteiger partial charge is 0.251 e. The van der Waals surface area contributed by atoms with E-state index in [4.69, 9.17) is 4.74 Å². The fourth-order valence-electron chi connectivity index (χ4n) is 2.19. The Hall–Kier alpha value is -2.15. The number of carbonyl (C=O) groups excluding carboxylic acids is 2. The van der Waals surface area contributed by atoms with E-state index in [0.29, 0.717) is 32.0 Å². The maximum atomic E-state index is 12.1. The molecule has 2 heterocycles. The van der Waals surface area contributed by atoms with E-state index in [1.165, 1.54) is 6.07 Å². The van der Waals surface area contributed by atoms with Gasteiger partial charge >= 0.3 is 0 Å². The van der Waals surface area contributed by atoms with Crippen LogP contribution in [0.15, 0.2) is 16.9 Å². The highest BCUT2D eigenvalue weighted by Crippen LogP contribution is 2.10. The maximum Gasteiger partial charge on any atom is 0.251 e. The molecule has 0 radical (unpaired) electrons. The first-order valence-electron chi connectivity index (χ1n) is 7.35. The van der Waals surface area contributed by atoms with E-state index in [1.54, 1.807) is 11.0 Å². The number of H-pyrrole nitrogens is 1. The van der Waals surface area contributed by atoms with Crippen LogP contribution in [0.5, 0.6) is 0 Å². The third-order valence-electron chi connectivity index (χ3n) is 3.51. The molecule has 0 saturated carbocycles. The van der Waals surface area contributed by atoms with Crippen LogP contribution in [0.4, 0.5) is 0 Å². The quantitative estimate of drug-likeness (QED) is 0.824. The van der Waals surface area contributed by atoms with Gasteiger partial charge in [0.25, 0.3) is 5.91 Å². The Kier molecular flexibility index (Phi) is 5.32. The molecule has 0 bridgehead atoms. The van der Waals surface area contributed by atoms with Crippen LogP contribution in [0.25, 0.3) is 0 Å². The number of pyridine rings is 1. The van der Waals surface area contributed by atoms with E-state index in [-0.39, 0.29) is 29.5 Å². The molecule has 1 saturated heterocycles. The average molecular weight is 307 g/mol. The van der Waals surface area contributed by atoms with Crippen molar-refractivity contribution in [1.29, 1.82) is 0 Å². The van der Waals surface area contributed by atoms with Gasteiger partial charge in [-0.15, -0.1) is 0 Å². The summed E-state index contributed by atoms with van der Waals surface area (Å²) < 4.78 is 5.17. The summed E-state index contributed by atoms with van der Waals surface area (Å²) in [4.78, 5) is 40.0. The van der Waals surface area contributed by atoms with Crippen molar-refractivity contribution < 1.29 is 14.3 Å². The number of aromatic amines is 1. The molecule has 1 aliphatic heterocycles. The first-order chi connectivity index (χ1) is 10.5. The molecule has 120 valence electrons. The molecule has 0 spiro atoms. The number of hydrogen-bond donors (Lipinski definition) is 2. The van der Waals surface area contributed by atoms with Crippen LogP contribution in [0.1, 0.15) is 35.8 Å². The summed E-state index contributed by atoms with van der Waals surface area (Å²) in [6.07, 6.45) is 0. The Morgan fingerprint density at radius 1 is 1.32 bits per heavy atom. The van der Waals surface area contributed by atoms with Crippen LogP contribution in [-0.2, 0) is 9.53 Å². The number of nitrogens with zero attached hydrogens (tertiary/aromatic N) is 1. The van der Waals surface area contributed by atoms with Crippen LogP contribution in [0.2, 0.25) is 0 Å². The highest BCUT2D eigenvalue weighted by atomic mass is 16.5. The summed E-state index contributed by atoms with van der Waals surface area (Å²) in [5.41, 5.74) is 0.634. The summed E-state index contributed by atoms with van der Waals surface area (Å²) in [7, 11) is 0. The van der Waals surface area contributed by atoms with Crippen LogP contribution >= 0.6 is 0 Å². The van der Waals surface area contributed by atoms with Gasteiger partial charge in [0.05, 0.1) is 19.8 Å². The zero-order valence-electron chi connectivity index (χ0n) is 12.8. The summed E-state index contributed by atoms with van der Waals surface area (Å²) in [6, 6.07) is 2.88. The number of hydrogen-bond acceptors (Lipinski definition) is 4. The topological polar surface area (TPSA) is 91.5 Å². The van der Waals surface area contributed by atoms with Crippen LogP contribution in [-0.4, -0.2) is 54.5 Å². The van der Waals surface area contributed by atoms with Gasteiger partial charge in [-0.1, -0.05) is 13.8 Å². The molecule has 2 N–H and O–H groups in total. The molecule has 22 heavy (non-hydrogen) atoms. The lowest BCUT2D eigenvalue weighted by Crippen LogP contribution is -2.45. The standard InChI is InChI=1S/C15H21N3O4/c1-10(2)12-7-11(8-13(19)17-12)15(21)16-9-14(20)18-3-5-22-6-4-18/h7-8,10H,3-6,9H2,1-2H3,(H,16,21)(H,17,19). The van der Waals surface area contributed by atoms with Crippen molar-refractivity contribution in [2.24, 2.45) is 0 Å².